The average molecular weight is 579 g/mol. The topological polar surface area (TPSA) is 144 Å². The molecule has 0 aromatic carbocycles. The van der Waals surface area contributed by atoms with E-state index in [-0.39, 0.29) is 18.9 Å². The summed E-state index contributed by atoms with van der Waals surface area (Å²) in [6.45, 7) is 14.4. The van der Waals surface area contributed by atoms with Crippen molar-refractivity contribution in [3.63, 3.8) is 0 Å². The first kappa shape index (κ1) is 31.0. The Morgan fingerprint density at radius 1 is 0.756 bits per heavy atom. The maximum atomic E-state index is 12.8. The lowest BCUT2D eigenvalue weighted by molar-refractivity contribution is -0.257. The summed E-state index contributed by atoms with van der Waals surface area (Å²) in [6.07, 6.45) is -3.53. The van der Waals surface area contributed by atoms with Crippen LogP contribution in [0.5, 0.6) is 0 Å². The highest BCUT2D eigenvalue weighted by molar-refractivity contribution is 5.69. The lowest BCUT2D eigenvalue weighted by atomic mass is 9.47. The van der Waals surface area contributed by atoms with Gasteiger partial charge in [-0.2, -0.15) is 0 Å². The molecule has 4 rings (SSSR count). The average Bonchev–Trinajstić information content (AvgIpc) is 3.59. The fourth-order valence-electron chi connectivity index (χ4n) is 8.26. The summed E-state index contributed by atoms with van der Waals surface area (Å²) in [6, 6.07) is 0. The van der Waals surface area contributed by atoms with Crippen LogP contribution in [-0.4, -0.2) is 72.6 Å². The van der Waals surface area contributed by atoms with Crippen LogP contribution in [0.15, 0.2) is 11.1 Å². The van der Waals surface area contributed by atoms with Crippen LogP contribution in [0, 0.1) is 22.7 Å². The minimum atomic E-state index is -1.32. The first-order valence-corrected chi connectivity index (χ1v) is 14.2. The van der Waals surface area contributed by atoms with Gasteiger partial charge in [-0.05, 0) is 30.8 Å². The van der Waals surface area contributed by atoms with Crippen molar-refractivity contribution in [3.05, 3.63) is 11.1 Å². The molecule has 0 aromatic rings. The zero-order valence-electron chi connectivity index (χ0n) is 25.4. The van der Waals surface area contributed by atoms with E-state index < -0.39 is 82.7 Å². The van der Waals surface area contributed by atoms with Crippen LogP contribution in [0.25, 0.3) is 0 Å². The molecule has 0 amide bonds. The maximum absolute atomic E-state index is 12.8. The molecule has 1 heterocycles. The number of epoxide rings is 1. The van der Waals surface area contributed by atoms with E-state index in [0.717, 1.165) is 11.1 Å². The fraction of sp³-hybridized carbons (Fsp3) is 0.767. The van der Waals surface area contributed by atoms with Gasteiger partial charge in [0.1, 0.15) is 23.9 Å². The smallest absolute Gasteiger partial charge is 0.303 e. The molecule has 2 saturated carbocycles. The number of ether oxygens (including phenoxy) is 6. The third-order valence-electron chi connectivity index (χ3n) is 9.65. The standard InChI is InChI=1S/C30H42O11/c1-14-10-11-20-24(39-17(4)33)26-29(9,21(37-15(2)31)12-22(38-16(3)32)30(26)13-36-30)27(41-19(6)35)25(40-18(5)34)23(14)28(20,7)8/h20-22,24-27H,10-13H2,1-9H3/t20-,21-,22+,24+,25+,26-,27-,29+,30+/m0/s1. The SMILES string of the molecule is CC(=O)O[C@H]1[C@@H]2[C@@]3(CO3)[C@H](OC(C)=O)C[C@H](OC(C)=O)[C@@]2(C)[C@@H](OC(C)=O)[C@H](OC(C)=O)C2=C(C)CC[C@@H]1C2(C)C. The van der Waals surface area contributed by atoms with Gasteiger partial charge in [0.15, 0.2) is 12.2 Å². The van der Waals surface area contributed by atoms with Gasteiger partial charge < -0.3 is 28.4 Å². The Kier molecular flexibility index (Phi) is 8.10. The third-order valence-corrected chi connectivity index (χ3v) is 9.65. The van der Waals surface area contributed by atoms with Gasteiger partial charge in [-0.1, -0.05) is 26.3 Å². The number of rotatable bonds is 5. The molecular formula is C30H42O11. The highest BCUT2D eigenvalue weighted by atomic mass is 16.6. The molecule has 41 heavy (non-hydrogen) atoms. The zero-order chi connectivity index (χ0) is 30.7. The molecule has 3 fully saturated rings. The second-order valence-electron chi connectivity index (χ2n) is 12.7. The van der Waals surface area contributed by atoms with Gasteiger partial charge in [-0.25, -0.2) is 0 Å². The van der Waals surface area contributed by atoms with Gasteiger partial charge in [-0.15, -0.1) is 0 Å². The summed E-state index contributed by atoms with van der Waals surface area (Å²) < 4.78 is 36.2. The minimum absolute atomic E-state index is 0.0373. The Morgan fingerprint density at radius 2 is 1.27 bits per heavy atom. The van der Waals surface area contributed by atoms with Gasteiger partial charge in [0.25, 0.3) is 0 Å². The van der Waals surface area contributed by atoms with Crippen molar-refractivity contribution >= 4 is 29.8 Å². The zero-order valence-corrected chi connectivity index (χ0v) is 25.4. The van der Waals surface area contributed by atoms with E-state index >= 15 is 0 Å². The number of fused-ring (bicyclic) bond motifs is 4. The lowest BCUT2D eigenvalue weighted by Gasteiger charge is -2.62. The van der Waals surface area contributed by atoms with Crippen LogP contribution in [-0.2, 0) is 52.4 Å². The molecule has 228 valence electrons. The lowest BCUT2D eigenvalue weighted by Crippen LogP contribution is -2.72. The predicted molar refractivity (Wildman–Crippen MR) is 142 cm³/mol. The first-order valence-electron chi connectivity index (χ1n) is 14.2. The molecule has 1 spiro atoms. The van der Waals surface area contributed by atoms with E-state index in [0.29, 0.717) is 12.8 Å². The molecule has 0 unspecified atom stereocenters. The van der Waals surface area contributed by atoms with Gasteiger partial charge in [0, 0.05) is 52.9 Å². The van der Waals surface area contributed by atoms with Crippen LogP contribution < -0.4 is 0 Å². The predicted octanol–water partition coefficient (Wildman–Crippen LogP) is 3.21. The van der Waals surface area contributed by atoms with Crippen molar-refractivity contribution in [2.24, 2.45) is 22.7 Å². The van der Waals surface area contributed by atoms with E-state index in [9.17, 15) is 24.0 Å². The largest absolute Gasteiger partial charge is 0.462 e. The van der Waals surface area contributed by atoms with Crippen LogP contribution in [0.2, 0.25) is 0 Å². The Hall–Kier alpha value is -2.95. The highest BCUT2D eigenvalue weighted by Gasteiger charge is 2.77. The summed E-state index contributed by atoms with van der Waals surface area (Å²) in [7, 11) is 0. The van der Waals surface area contributed by atoms with Gasteiger partial charge in [-0.3, -0.25) is 24.0 Å². The molecular weight excluding hydrogens is 536 g/mol. The Labute approximate surface area is 240 Å². The Bertz CT molecular complexity index is 1160. The molecule has 0 N–H and O–H groups in total. The van der Waals surface area contributed by atoms with Crippen molar-refractivity contribution in [1.82, 2.24) is 0 Å². The number of carbonyl (C=O) groups is 5. The van der Waals surface area contributed by atoms with Crippen LogP contribution in [0.4, 0.5) is 0 Å². The number of esters is 5. The minimum Gasteiger partial charge on any atom is -0.462 e. The van der Waals surface area contributed by atoms with Crippen molar-refractivity contribution in [2.45, 2.75) is 118 Å². The summed E-state index contributed by atoms with van der Waals surface area (Å²) >= 11 is 0. The van der Waals surface area contributed by atoms with Crippen LogP contribution in [0.3, 0.4) is 0 Å². The van der Waals surface area contributed by atoms with E-state index in [2.05, 4.69) is 0 Å². The number of hydrogen-bond acceptors (Lipinski definition) is 11. The van der Waals surface area contributed by atoms with Crippen LogP contribution >= 0.6 is 0 Å². The normalized spacial score (nSPS) is 38.9. The number of allylic oxidation sites excluding steroid dienone is 1. The van der Waals surface area contributed by atoms with Crippen molar-refractivity contribution in [1.29, 1.82) is 0 Å². The van der Waals surface area contributed by atoms with Crippen LogP contribution in [0.1, 0.15) is 81.6 Å². The first-order chi connectivity index (χ1) is 19.0. The highest BCUT2D eigenvalue weighted by Crippen LogP contribution is 2.65. The third kappa shape index (κ3) is 5.26. The maximum Gasteiger partial charge on any atom is 0.303 e. The fourth-order valence-corrected chi connectivity index (χ4v) is 8.26. The van der Waals surface area contributed by atoms with Gasteiger partial charge in [0.2, 0.25) is 0 Å². The van der Waals surface area contributed by atoms with Gasteiger partial charge >= 0.3 is 29.8 Å². The number of carbonyl (C=O) groups excluding carboxylic acids is 5. The van der Waals surface area contributed by atoms with Gasteiger partial charge in [0.05, 0.1) is 12.0 Å². The molecule has 0 aromatic heterocycles. The molecule has 4 aliphatic rings. The molecule has 3 aliphatic carbocycles. The van der Waals surface area contributed by atoms with E-state index in [1.807, 2.05) is 20.8 Å². The molecule has 11 heteroatoms. The molecule has 0 radical (unpaired) electrons. The molecule has 9 atom stereocenters. The van der Waals surface area contributed by atoms with E-state index in [1.54, 1.807) is 6.92 Å². The summed E-state index contributed by atoms with van der Waals surface area (Å²) in [5, 5.41) is 0. The van der Waals surface area contributed by atoms with Crippen molar-refractivity contribution in [3.8, 4) is 0 Å². The monoisotopic (exact) mass is 578 g/mol. The molecule has 1 aliphatic heterocycles. The molecule has 1 saturated heterocycles. The second kappa shape index (κ2) is 10.7. The molecule has 11 nitrogen and oxygen atoms in total. The summed E-state index contributed by atoms with van der Waals surface area (Å²) in [4.78, 5) is 63.0. The summed E-state index contributed by atoms with van der Waals surface area (Å²) in [5.41, 5.74) is -1.37. The van der Waals surface area contributed by atoms with Crippen molar-refractivity contribution in [2.75, 3.05) is 6.61 Å². The molecule has 2 bridgehead atoms. The second-order valence-corrected chi connectivity index (χ2v) is 12.7. The quantitative estimate of drug-likeness (QED) is 0.205. The Balaban J connectivity index is 2.10. The summed E-state index contributed by atoms with van der Waals surface area (Å²) in [5.74, 6) is -3.94. The van der Waals surface area contributed by atoms with E-state index in [1.165, 1.54) is 34.6 Å². The van der Waals surface area contributed by atoms with E-state index in [4.69, 9.17) is 28.4 Å². The number of hydrogen-bond donors (Lipinski definition) is 0. The van der Waals surface area contributed by atoms with Crippen molar-refractivity contribution < 1.29 is 52.4 Å². The Morgan fingerprint density at radius 3 is 1.76 bits per heavy atom.